The molecule has 0 fully saturated rings. The second-order valence-electron chi connectivity index (χ2n) is 5.09. The average Bonchev–Trinajstić information content (AvgIpc) is 2.44. The SMILES string of the molecule is CCC(C)C(=O)NC(CC)(CC)c1ccc(Cl)cc1. The molecular formula is C16H24ClNO. The molecule has 3 heteroatoms. The van der Waals surface area contributed by atoms with Crippen LogP contribution in [-0.2, 0) is 10.3 Å². The van der Waals surface area contributed by atoms with Gasteiger partial charge in [0.05, 0.1) is 5.54 Å². The summed E-state index contributed by atoms with van der Waals surface area (Å²) in [6.07, 6.45) is 2.59. The third-order valence-corrected chi connectivity index (χ3v) is 4.28. The minimum atomic E-state index is -0.287. The Hall–Kier alpha value is -1.02. The van der Waals surface area contributed by atoms with Gasteiger partial charge in [-0.25, -0.2) is 0 Å². The van der Waals surface area contributed by atoms with Crippen molar-refractivity contribution >= 4 is 17.5 Å². The number of carbonyl (C=O) groups excluding carboxylic acids is 1. The molecule has 106 valence electrons. The van der Waals surface area contributed by atoms with Gasteiger partial charge in [-0.2, -0.15) is 0 Å². The summed E-state index contributed by atoms with van der Waals surface area (Å²) in [5, 5.41) is 3.95. The first-order valence-corrected chi connectivity index (χ1v) is 7.45. The van der Waals surface area contributed by atoms with Crippen LogP contribution in [0, 0.1) is 5.92 Å². The van der Waals surface area contributed by atoms with Gasteiger partial charge in [-0.1, -0.05) is 51.4 Å². The van der Waals surface area contributed by atoms with E-state index in [0.717, 1.165) is 29.8 Å². The van der Waals surface area contributed by atoms with E-state index in [0.29, 0.717) is 0 Å². The quantitative estimate of drug-likeness (QED) is 0.816. The van der Waals surface area contributed by atoms with Crippen molar-refractivity contribution in [3.05, 3.63) is 34.9 Å². The summed E-state index contributed by atoms with van der Waals surface area (Å²) in [7, 11) is 0. The van der Waals surface area contributed by atoms with Gasteiger partial charge in [0.1, 0.15) is 0 Å². The number of nitrogens with one attached hydrogen (secondary N) is 1. The van der Waals surface area contributed by atoms with E-state index in [1.807, 2.05) is 38.1 Å². The number of hydrogen-bond acceptors (Lipinski definition) is 1. The fourth-order valence-corrected chi connectivity index (χ4v) is 2.35. The Morgan fingerprint density at radius 3 is 2.16 bits per heavy atom. The molecule has 1 amide bonds. The molecule has 0 saturated heterocycles. The second-order valence-corrected chi connectivity index (χ2v) is 5.53. The number of amides is 1. The molecule has 0 bridgehead atoms. The predicted molar refractivity (Wildman–Crippen MR) is 81.3 cm³/mol. The zero-order chi connectivity index (χ0) is 14.5. The van der Waals surface area contributed by atoms with Crippen LogP contribution in [0.15, 0.2) is 24.3 Å². The van der Waals surface area contributed by atoms with Crippen molar-refractivity contribution in [2.45, 2.75) is 52.5 Å². The number of halogens is 1. The highest BCUT2D eigenvalue weighted by molar-refractivity contribution is 6.30. The monoisotopic (exact) mass is 281 g/mol. The van der Waals surface area contributed by atoms with E-state index in [1.165, 1.54) is 0 Å². The number of hydrogen-bond donors (Lipinski definition) is 1. The van der Waals surface area contributed by atoms with Crippen molar-refractivity contribution in [1.29, 1.82) is 0 Å². The largest absolute Gasteiger partial charge is 0.346 e. The summed E-state index contributed by atoms with van der Waals surface area (Å²) in [5.74, 6) is 0.172. The van der Waals surface area contributed by atoms with E-state index in [1.54, 1.807) is 0 Å². The maximum atomic E-state index is 12.2. The van der Waals surface area contributed by atoms with Gasteiger partial charge in [0.2, 0.25) is 5.91 Å². The molecule has 0 aromatic heterocycles. The number of rotatable bonds is 6. The molecule has 0 aliphatic rings. The minimum Gasteiger partial charge on any atom is -0.346 e. The fourth-order valence-electron chi connectivity index (χ4n) is 2.22. The van der Waals surface area contributed by atoms with Crippen LogP contribution >= 0.6 is 11.6 Å². The van der Waals surface area contributed by atoms with Crippen molar-refractivity contribution in [3.8, 4) is 0 Å². The Bertz CT molecular complexity index is 409. The summed E-state index contributed by atoms with van der Waals surface area (Å²) in [5.41, 5.74) is 0.837. The highest BCUT2D eigenvalue weighted by Gasteiger charge is 2.31. The van der Waals surface area contributed by atoms with E-state index >= 15 is 0 Å². The lowest BCUT2D eigenvalue weighted by molar-refractivity contribution is -0.126. The van der Waals surface area contributed by atoms with Crippen molar-refractivity contribution in [2.75, 3.05) is 0 Å². The van der Waals surface area contributed by atoms with Gasteiger partial charge in [-0.05, 0) is 37.0 Å². The normalized spacial score (nSPS) is 13.1. The maximum Gasteiger partial charge on any atom is 0.223 e. The van der Waals surface area contributed by atoms with Crippen LogP contribution in [0.25, 0.3) is 0 Å². The summed E-state index contributed by atoms with van der Waals surface area (Å²) < 4.78 is 0. The van der Waals surface area contributed by atoms with Crippen molar-refractivity contribution in [3.63, 3.8) is 0 Å². The highest BCUT2D eigenvalue weighted by Crippen LogP contribution is 2.30. The Balaban J connectivity index is 3.03. The average molecular weight is 282 g/mol. The zero-order valence-corrected chi connectivity index (χ0v) is 13.1. The summed E-state index contributed by atoms with van der Waals surface area (Å²) >= 11 is 5.94. The number of benzene rings is 1. The van der Waals surface area contributed by atoms with E-state index in [-0.39, 0.29) is 17.4 Å². The van der Waals surface area contributed by atoms with Crippen LogP contribution < -0.4 is 5.32 Å². The van der Waals surface area contributed by atoms with Crippen LogP contribution in [0.5, 0.6) is 0 Å². The number of carbonyl (C=O) groups is 1. The predicted octanol–water partition coefficient (Wildman–Crippen LogP) is 4.52. The maximum absolute atomic E-state index is 12.2. The molecule has 0 saturated carbocycles. The third-order valence-electron chi connectivity index (χ3n) is 4.03. The third kappa shape index (κ3) is 3.73. The zero-order valence-electron chi connectivity index (χ0n) is 12.3. The Morgan fingerprint density at radius 1 is 1.21 bits per heavy atom. The van der Waals surface area contributed by atoms with Gasteiger partial charge >= 0.3 is 0 Å². The van der Waals surface area contributed by atoms with Gasteiger partial charge < -0.3 is 5.32 Å². The summed E-state index contributed by atoms with van der Waals surface area (Å²) in [6.45, 7) is 8.21. The standard InChI is InChI=1S/C16H24ClNO/c1-5-12(4)15(19)18-16(6-2,7-3)13-8-10-14(17)11-9-13/h8-12H,5-7H2,1-4H3,(H,18,19). The molecule has 19 heavy (non-hydrogen) atoms. The van der Waals surface area contributed by atoms with Crippen LogP contribution in [0.2, 0.25) is 5.02 Å². The summed E-state index contributed by atoms with van der Waals surface area (Å²) in [4.78, 5) is 12.2. The van der Waals surface area contributed by atoms with Gasteiger partial charge in [-0.15, -0.1) is 0 Å². The van der Waals surface area contributed by atoms with Crippen molar-refractivity contribution in [1.82, 2.24) is 5.32 Å². The van der Waals surface area contributed by atoms with Crippen LogP contribution in [-0.4, -0.2) is 5.91 Å². The van der Waals surface area contributed by atoms with E-state index in [9.17, 15) is 4.79 Å². The fraction of sp³-hybridized carbons (Fsp3) is 0.562. The molecule has 1 rings (SSSR count). The van der Waals surface area contributed by atoms with Gasteiger partial charge in [0, 0.05) is 10.9 Å². The van der Waals surface area contributed by atoms with Crippen LogP contribution in [0.3, 0.4) is 0 Å². The first-order valence-electron chi connectivity index (χ1n) is 7.07. The molecule has 1 N–H and O–H groups in total. The minimum absolute atomic E-state index is 0.0461. The van der Waals surface area contributed by atoms with E-state index < -0.39 is 0 Å². The second kappa shape index (κ2) is 6.95. The van der Waals surface area contributed by atoms with Gasteiger partial charge in [-0.3, -0.25) is 4.79 Å². The lowest BCUT2D eigenvalue weighted by Crippen LogP contribution is -2.47. The Labute approximate surface area is 121 Å². The van der Waals surface area contributed by atoms with E-state index in [4.69, 9.17) is 11.6 Å². The van der Waals surface area contributed by atoms with Gasteiger partial charge in [0.15, 0.2) is 0 Å². The molecule has 1 aromatic carbocycles. The van der Waals surface area contributed by atoms with Crippen LogP contribution in [0.1, 0.15) is 52.5 Å². The van der Waals surface area contributed by atoms with E-state index in [2.05, 4.69) is 19.2 Å². The lowest BCUT2D eigenvalue weighted by Gasteiger charge is -2.34. The topological polar surface area (TPSA) is 29.1 Å². The molecule has 1 unspecified atom stereocenters. The first kappa shape index (κ1) is 16.0. The van der Waals surface area contributed by atoms with Crippen molar-refractivity contribution < 1.29 is 4.79 Å². The smallest absolute Gasteiger partial charge is 0.223 e. The molecule has 1 aromatic rings. The van der Waals surface area contributed by atoms with Crippen LogP contribution in [0.4, 0.5) is 0 Å². The Kier molecular flexibility index (Phi) is 5.86. The molecule has 2 nitrogen and oxygen atoms in total. The molecule has 0 heterocycles. The molecule has 0 aliphatic carbocycles. The Morgan fingerprint density at radius 2 is 1.74 bits per heavy atom. The molecule has 0 aliphatic heterocycles. The van der Waals surface area contributed by atoms with Crippen molar-refractivity contribution in [2.24, 2.45) is 5.92 Å². The molecule has 1 atom stereocenters. The molecule has 0 radical (unpaired) electrons. The molecule has 0 spiro atoms. The molecular weight excluding hydrogens is 258 g/mol. The summed E-state index contributed by atoms with van der Waals surface area (Å²) in [6, 6.07) is 7.77. The highest BCUT2D eigenvalue weighted by atomic mass is 35.5. The lowest BCUT2D eigenvalue weighted by atomic mass is 9.84. The first-order chi connectivity index (χ1) is 8.99. The van der Waals surface area contributed by atoms with Gasteiger partial charge in [0.25, 0.3) is 0 Å².